The van der Waals surface area contributed by atoms with Gasteiger partial charge in [-0.1, -0.05) is 42.8 Å². The zero-order valence-electron chi connectivity index (χ0n) is 23.0. The van der Waals surface area contributed by atoms with Gasteiger partial charge in [0.05, 0.1) is 17.7 Å². The first-order valence-electron chi connectivity index (χ1n) is 14.0. The van der Waals surface area contributed by atoms with Gasteiger partial charge in [0.2, 0.25) is 0 Å². The highest BCUT2D eigenvalue weighted by atomic mass is 35.5. The van der Waals surface area contributed by atoms with E-state index in [1.165, 1.54) is 0 Å². The van der Waals surface area contributed by atoms with E-state index in [4.69, 9.17) is 36.3 Å². The van der Waals surface area contributed by atoms with E-state index >= 15 is 0 Å². The van der Waals surface area contributed by atoms with Gasteiger partial charge in [0.25, 0.3) is 0 Å². The molecule has 0 amide bonds. The second kappa shape index (κ2) is 10.7. The van der Waals surface area contributed by atoms with Crippen LogP contribution in [0.1, 0.15) is 55.2 Å². The zero-order chi connectivity index (χ0) is 27.9. The predicted molar refractivity (Wildman–Crippen MR) is 162 cm³/mol. The number of fused-ring (bicyclic) bond motifs is 2. The highest BCUT2D eigenvalue weighted by Crippen LogP contribution is 2.40. The van der Waals surface area contributed by atoms with E-state index < -0.39 is 0 Å². The number of pyridine rings is 2. The number of ether oxygens (including phenoxy) is 1. The number of halogens is 1. The van der Waals surface area contributed by atoms with Gasteiger partial charge >= 0.3 is 0 Å². The normalized spacial score (nSPS) is 16.3. The maximum atomic E-state index is 6.16. The molecular weight excluding hydrogens is 532 g/mol. The van der Waals surface area contributed by atoms with Crippen molar-refractivity contribution in [3.63, 3.8) is 0 Å². The Morgan fingerprint density at radius 3 is 2.59 bits per heavy atom. The Morgan fingerprint density at radius 2 is 1.76 bits per heavy atom. The van der Waals surface area contributed by atoms with Gasteiger partial charge in [-0.05, 0) is 73.0 Å². The van der Waals surface area contributed by atoms with E-state index in [1.54, 1.807) is 6.33 Å². The average Bonchev–Trinajstić information content (AvgIpc) is 3.46. The Balaban J connectivity index is 1.39. The molecule has 0 radical (unpaired) electrons. The highest BCUT2D eigenvalue weighted by Gasteiger charge is 2.23. The Morgan fingerprint density at radius 1 is 0.878 bits per heavy atom. The first-order valence-corrected chi connectivity index (χ1v) is 14.4. The molecule has 0 aliphatic carbocycles. The van der Waals surface area contributed by atoms with E-state index in [-0.39, 0.29) is 12.1 Å². The molecule has 41 heavy (non-hydrogen) atoms. The summed E-state index contributed by atoms with van der Waals surface area (Å²) in [5.41, 5.74) is 8.40. The van der Waals surface area contributed by atoms with Crippen molar-refractivity contribution >= 4 is 33.5 Å². The molecular formula is C33H29ClN6O. The smallest absolute Gasteiger partial charge is 0.165 e. The third kappa shape index (κ3) is 4.55. The summed E-state index contributed by atoms with van der Waals surface area (Å²) in [6.45, 7) is 5.06. The fourth-order valence-electron chi connectivity index (χ4n) is 5.95. The fourth-order valence-corrected chi connectivity index (χ4v) is 6.08. The summed E-state index contributed by atoms with van der Waals surface area (Å²) in [7, 11) is 0. The Labute approximate surface area is 243 Å². The lowest BCUT2D eigenvalue weighted by Gasteiger charge is -2.23. The van der Waals surface area contributed by atoms with E-state index in [0.717, 1.165) is 92.2 Å². The minimum atomic E-state index is -0.0567. The van der Waals surface area contributed by atoms with Crippen LogP contribution in [-0.4, -0.2) is 36.1 Å². The van der Waals surface area contributed by atoms with Crippen LogP contribution in [0.25, 0.3) is 44.5 Å². The standard InChI is InChI=1S/C33H29ClN6O/c1-20-8-13-25-24(14-16-36-29(25)21(2)22-9-11-23(34)12-10-22)28(20)30-26(6-5-15-35-30)31-32-33(38-18-37-31)40(19-39-32)27-7-3-4-17-41-27/h5-6,8-16,18-19,21,27H,3-4,7,17H2,1-2H3/t21-,27?/m1/s1. The lowest BCUT2D eigenvalue weighted by atomic mass is 9.89. The van der Waals surface area contributed by atoms with Gasteiger partial charge in [0.1, 0.15) is 23.8 Å². The largest absolute Gasteiger partial charge is 0.358 e. The number of aromatic nitrogens is 6. The summed E-state index contributed by atoms with van der Waals surface area (Å²) in [6, 6.07) is 18.4. The van der Waals surface area contributed by atoms with Crippen molar-refractivity contribution in [2.45, 2.75) is 45.3 Å². The minimum Gasteiger partial charge on any atom is -0.358 e. The fraction of sp³-hybridized carbons (Fsp3) is 0.242. The molecule has 0 N–H and O–H groups in total. The van der Waals surface area contributed by atoms with Gasteiger partial charge in [-0.15, -0.1) is 0 Å². The molecule has 5 heterocycles. The lowest BCUT2D eigenvalue weighted by molar-refractivity contribution is -0.0298. The van der Waals surface area contributed by atoms with E-state index in [2.05, 4.69) is 55.2 Å². The minimum absolute atomic E-state index is 0.0567. The molecule has 2 aromatic carbocycles. The third-order valence-electron chi connectivity index (χ3n) is 8.09. The Hall–Kier alpha value is -4.20. The van der Waals surface area contributed by atoms with E-state index in [9.17, 15) is 0 Å². The topological polar surface area (TPSA) is 78.6 Å². The van der Waals surface area contributed by atoms with Gasteiger partial charge in [-0.2, -0.15) is 0 Å². The van der Waals surface area contributed by atoms with Crippen molar-refractivity contribution in [2.75, 3.05) is 6.61 Å². The number of aryl methyl sites for hydroxylation is 1. The molecule has 6 aromatic rings. The second-order valence-electron chi connectivity index (χ2n) is 10.6. The molecule has 0 bridgehead atoms. The van der Waals surface area contributed by atoms with Crippen LogP contribution in [0.5, 0.6) is 0 Å². The summed E-state index contributed by atoms with van der Waals surface area (Å²) in [4.78, 5) is 23.9. The molecule has 4 aromatic heterocycles. The lowest BCUT2D eigenvalue weighted by Crippen LogP contribution is -2.17. The first kappa shape index (κ1) is 25.7. The molecule has 0 saturated carbocycles. The van der Waals surface area contributed by atoms with Crippen LogP contribution in [-0.2, 0) is 4.74 Å². The van der Waals surface area contributed by atoms with Crippen LogP contribution in [0.2, 0.25) is 5.02 Å². The Kier molecular flexibility index (Phi) is 6.69. The van der Waals surface area contributed by atoms with Crippen LogP contribution in [0, 0.1) is 6.92 Å². The molecule has 8 heteroatoms. The number of hydrogen-bond donors (Lipinski definition) is 0. The highest BCUT2D eigenvalue weighted by molar-refractivity contribution is 6.30. The quantitative estimate of drug-likeness (QED) is 0.213. The summed E-state index contributed by atoms with van der Waals surface area (Å²) in [5, 5.41) is 2.92. The molecule has 1 fully saturated rings. The summed E-state index contributed by atoms with van der Waals surface area (Å²) < 4.78 is 8.08. The number of benzene rings is 2. The summed E-state index contributed by atoms with van der Waals surface area (Å²) >= 11 is 6.16. The van der Waals surface area contributed by atoms with E-state index in [1.807, 2.05) is 41.5 Å². The predicted octanol–water partition coefficient (Wildman–Crippen LogP) is 7.92. The molecule has 2 atom stereocenters. The molecule has 1 aliphatic rings. The molecule has 0 spiro atoms. The summed E-state index contributed by atoms with van der Waals surface area (Å²) in [6.07, 6.45) is 10.3. The summed E-state index contributed by atoms with van der Waals surface area (Å²) in [5.74, 6) is 0.0854. The molecule has 1 aliphatic heterocycles. The van der Waals surface area contributed by atoms with Crippen LogP contribution in [0.4, 0.5) is 0 Å². The van der Waals surface area contributed by atoms with Crippen molar-refractivity contribution in [1.82, 2.24) is 29.5 Å². The van der Waals surface area contributed by atoms with Crippen LogP contribution >= 0.6 is 11.6 Å². The number of rotatable bonds is 5. The maximum absolute atomic E-state index is 6.16. The molecule has 1 unspecified atom stereocenters. The van der Waals surface area contributed by atoms with Crippen molar-refractivity contribution in [3.05, 3.63) is 101 Å². The van der Waals surface area contributed by atoms with Crippen molar-refractivity contribution in [1.29, 1.82) is 0 Å². The van der Waals surface area contributed by atoms with Crippen LogP contribution < -0.4 is 0 Å². The Bertz CT molecular complexity index is 1880. The molecule has 204 valence electrons. The molecule has 7 rings (SSSR count). The number of imidazole rings is 1. The number of nitrogens with zero attached hydrogens (tertiary/aromatic N) is 6. The van der Waals surface area contributed by atoms with Gasteiger partial charge in [-0.25, -0.2) is 15.0 Å². The third-order valence-corrected chi connectivity index (χ3v) is 8.34. The van der Waals surface area contributed by atoms with Crippen molar-refractivity contribution in [2.24, 2.45) is 0 Å². The molecule has 1 saturated heterocycles. The first-order chi connectivity index (χ1) is 20.1. The average molecular weight is 561 g/mol. The van der Waals surface area contributed by atoms with Crippen LogP contribution in [0.15, 0.2) is 79.6 Å². The van der Waals surface area contributed by atoms with Crippen molar-refractivity contribution < 1.29 is 4.74 Å². The SMILES string of the molecule is Cc1ccc2c([C@H](C)c3ccc(Cl)cc3)nccc2c1-c1ncccc1-c1ncnc2c1ncn2C1CCCCO1. The zero-order valence-corrected chi connectivity index (χ0v) is 23.7. The van der Waals surface area contributed by atoms with E-state index in [0.29, 0.717) is 0 Å². The second-order valence-corrected chi connectivity index (χ2v) is 11.0. The number of hydrogen-bond acceptors (Lipinski definition) is 6. The monoisotopic (exact) mass is 560 g/mol. The van der Waals surface area contributed by atoms with Crippen molar-refractivity contribution in [3.8, 4) is 22.5 Å². The maximum Gasteiger partial charge on any atom is 0.165 e. The van der Waals surface area contributed by atoms with Gasteiger partial charge < -0.3 is 4.74 Å². The molecule has 7 nitrogen and oxygen atoms in total. The van der Waals surface area contributed by atoms with Gasteiger partial charge in [-0.3, -0.25) is 14.5 Å². The van der Waals surface area contributed by atoms with Crippen LogP contribution in [0.3, 0.4) is 0 Å². The van der Waals surface area contributed by atoms with Gasteiger partial charge in [0.15, 0.2) is 5.65 Å². The van der Waals surface area contributed by atoms with Gasteiger partial charge in [0, 0.05) is 46.5 Å².